The lowest BCUT2D eigenvalue weighted by molar-refractivity contribution is 0.00578. The van der Waals surface area contributed by atoms with Gasteiger partial charge in [-0.1, -0.05) is 0 Å². The van der Waals surface area contributed by atoms with Crippen LogP contribution in [0.1, 0.15) is 51.4 Å². The van der Waals surface area contributed by atoms with Gasteiger partial charge in [-0.05, 0) is 40.4 Å². The Bertz CT molecular complexity index is 727. The molecule has 0 unspecified atom stereocenters. The van der Waals surface area contributed by atoms with Crippen LogP contribution in [0.15, 0.2) is 6.20 Å². The first-order chi connectivity index (χ1) is 11.9. The number of anilines is 1. The van der Waals surface area contributed by atoms with Crippen molar-refractivity contribution in [1.82, 2.24) is 4.98 Å². The van der Waals surface area contributed by atoms with Crippen LogP contribution >= 0.6 is 11.3 Å². The van der Waals surface area contributed by atoms with Crippen LogP contribution in [0.3, 0.4) is 0 Å². The number of hydrogen-bond acceptors (Lipinski definition) is 5. The van der Waals surface area contributed by atoms with Gasteiger partial charge in [0.25, 0.3) is 0 Å². The maximum Gasteiger partial charge on any atom is 0.507 e. The Kier molecular flexibility index (Phi) is 1.63. The molecule has 1 aromatic heterocycles. The average molecular weight is 288 g/mol. The van der Waals surface area contributed by atoms with Crippen molar-refractivity contribution in [1.29, 1.82) is 0 Å². The highest BCUT2D eigenvalue weighted by molar-refractivity contribution is 7.25. The van der Waals surface area contributed by atoms with E-state index in [1.54, 1.807) is 0 Å². The monoisotopic (exact) mass is 288 g/mol. The van der Waals surface area contributed by atoms with E-state index in [4.69, 9.17) is 20.3 Å². The first-order valence-electron chi connectivity index (χ1n) is 10.0. The molecule has 2 aliphatic rings. The molecule has 2 fully saturated rings. The van der Waals surface area contributed by atoms with Crippen molar-refractivity contribution in [2.75, 3.05) is 17.9 Å². The summed E-state index contributed by atoms with van der Waals surface area (Å²) in [5.41, 5.74) is -1.21. The summed E-state index contributed by atoms with van der Waals surface area (Å²) in [5, 5.41) is -0.181. The topological polar surface area (TPSA) is 34.6 Å². The van der Waals surface area contributed by atoms with Gasteiger partial charge >= 0.3 is 7.12 Å². The van der Waals surface area contributed by atoms with E-state index < -0.39 is 44.1 Å². The van der Waals surface area contributed by atoms with Crippen LogP contribution in [0.25, 0.3) is 0 Å². The highest BCUT2D eigenvalue weighted by Crippen LogP contribution is 2.37. The fraction of sp³-hybridized carbons (Fsp3) is 0.769. The summed E-state index contributed by atoms with van der Waals surface area (Å²) in [5.74, 6) is 0. The molecular weight excluding hydrogens is 259 g/mol. The molecule has 0 spiro atoms. The van der Waals surface area contributed by atoms with Crippen LogP contribution in [0, 0.1) is 0 Å². The Morgan fingerprint density at radius 3 is 2.42 bits per heavy atom. The number of rotatable bonds is 2. The second-order valence-electron chi connectivity index (χ2n) is 5.44. The molecule has 3 heterocycles. The Morgan fingerprint density at radius 2 is 1.84 bits per heavy atom. The van der Waals surface area contributed by atoms with Crippen LogP contribution in [0.4, 0.5) is 5.13 Å². The molecule has 0 aromatic carbocycles. The number of thiazole rings is 1. The van der Waals surface area contributed by atoms with Gasteiger partial charge in [-0.25, -0.2) is 4.98 Å². The van der Waals surface area contributed by atoms with Crippen LogP contribution in [0.2, 0.25) is 0 Å². The zero-order valence-corrected chi connectivity index (χ0v) is 12.1. The van der Waals surface area contributed by atoms with E-state index in [-0.39, 0.29) is 5.13 Å². The quantitative estimate of drug-likeness (QED) is 0.780. The first kappa shape index (κ1) is 6.92. The Hall–Kier alpha value is -0.585. The minimum Gasteiger partial charge on any atom is -0.399 e. The molecule has 4 nitrogen and oxygen atoms in total. The van der Waals surface area contributed by atoms with Gasteiger partial charge in [0.1, 0.15) is 0 Å². The normalized spacial score (nSPS) is 42.1. The van der Waals surface area contributed by atoms with Crippen molar-refractivity contribution in [2.45, 2.75) is 51.6 Å². The van der Waals surface area contributed by atoms with Crippen LogP contribution in [-0.2, 0) is 9.31 Å². The molecule has 104 valence electrons. The SMILES string of the molecule is [2H]C1([2H])N(c2ncc(B3OC(C)(C)C(C)(C)O3)s2)C([2H])([2H])C([2H])([2H])C1([2H])[2H]. The van der Waals surface area contributed by atoms with Crippen LogP contribution < -0.4 is 9.68 Å². The van der Waals surface area contributed by atoms with Crippen molar-refractivity contribution in [3.63, 3.8) is 0 Å². The lowest BCUT2D eigenvalue weighted by atomic mass is 9.89. The average Bonchev–Trinajstić information content (AvgIpc) is 3.02. The van der Waals surface area contributed by atoms with E-state index in [9.17, 15) is 0 Å². The molecule has 0 aliphatic carbocycles. The molecule has 0 amide bonds. The second-order valence-corrected chi connectivity index (χ2v) is 6.48. The number of hydrogen-bond donors (Lipinski definition) is 0. The Labute approximate surface area is 130 Å². The smallest absolute Gasteiger partial charge is 0.399 e. The molecule has 0 saturated carbocycles. The third-order valence-corrected chi connectivity index (χ3v) is 4.59. The van der Waals surface area contributed by atoms with Gasteiger partial charge in [-0.15, -0.1) is 11.3 Å². The van der Waals surface area contributed by atoms with E-state index in [0.29, 0.717) is 9.68 Å². The van der Waals surface area contributed by atoms with Gasteiger partial charge in [-0.3, -0.25) is 0 Å². The fourth-order valence-electron chi connectivity index (χ4n) is 1.74. The predicted octanol–water partition coefficient (Wildman–Crippen LogP) is 2.04. The van der Waals surface area contributed by atoms with Crippen molar-refractivity contribution in [3.05, 3.63) is 6.20 Å². The van der Waals surface area contributed by atoms with Gasteiger partial charge in [-0.2, -0.15) is 0 Å². The lowest BCUT2D eigenvalue weighted by Gasteiger charge is -2.32. The van der Waals surface area contributed by atoms with Gasteiger partial charge in [0.2, 0.25) is 0 Å². The molecule has 2 saturated heterocycles. The maximum absolute atomic E-state index is 8.08. The molecule has 6 heteroatoms. The zero-order chi connectivity index (χ0) is 20.8. The fourth-order valence-corrected chi connectivity index (χ4v) is 2.54. The summed E-state index contributed by atoms with van der Waals surface area (Å²) in [6.07, 6.45) is -4.84. The van der Waals surface area contributed by atoms with E-state index in [2.05, 4.69) is 4.98 Å². The molecule has 3 rings (SSSR count). The van der Waals surface area contributed by atoms with Crippen LogP contribution in [0.5, 0.6) is 0 Å². The van der Waals surface area contributed by atoms with Crippen molar-refractivity contribution < 1.29 is 20.3 Å². The van der Waals surface area contributed by atoms with Gasteiger partial charge in [0.05, 0.1) is 16.0 Å². The van der Waals surface area contributed by atoms with Gasteiger partial charge in [0, 0.05) is 30.2 Å². The highest BCUT2D eigenvalue weighted by Gasteiger charge is 2.52. The minimum atomic E-state index is -3.10. The molecule has 0 bridgehead atoms. The molecular formula is C13H21BN2O2S. The van der Waals surface area contributed by atoms with Crippen molar-refractivity contribution in [3.8, 4) is 0 Å². The third-order valence-electron chi connectivity index (χ3n) is 3.59. The summed E-state index contributed by atoms with van der Waals surface area (Å²) in [7, 11) is -0.783. The molecule has 2 aliphatic heterocycles. The zero-order valence-electron chi connectivity index (χ0n) is 19.3. The molecule has 1 aromatic rings. The first-order valence-corrected chi connectivity index (χ1v) is 6.83. The third kappa shape index (κ3) is 2.30. The van der Waals surface area contributed by atoms with Crippen molar-refractivity contribution in [2.24, 2.45) is 0 Å². The van der Waals surface area contributed by atoms with Crippen molar-refractivity contribution >= 4 is 28.4 Å². The van der Waals surface area contributed by atoms with Gasteiger partial charge < -0.3 is 14.2 Å². The van der Waals surface area contributed by atoms with E-state index in [0.717, 1.165) is 11.3 Å². The van der Waals surface area contributed by atoms with Gasteiger partial charge in [0.15, 0.2) is 5.13 Å². The molecule has 0 atom stereocenters. The number of aromatic nitrogens is 1. The summed E-state index contributed by atoms with van der Waals surface area (Å²) in [6.45, 7) is 1.58. The summed E-state index contributed by atoms with van der Waals surface area (Å²) >= 11 is 0.886. The predicted molar refractivity (Wildman–Crippen MR) is 79.3 cm³/mol. The standard InChI is InChI=1S/C13H21BN2O2S/c1-12(2)13(3,4)18-14(17-12)10-9-15-11(19-10)16-7-5-6-8-16/h9H,5-8H2,1-4H3/i5D2,6D2,7D2,8D2. The summed E-state index contributed by atoms with van der Waals surface area (Å²) in [6, 6.07) is 0. The maximum atomic E-state index is 8.08. The van der Waals surface area contributed by atoms with Crippen LogP contribution in [-0.4, -0.2) is 36.3 Å². The summed E-state index contributed by atoms with van der Waals surface area (Å²) < 4.78 is 76.1. The largest absolute Gasteiger partial charge is 0.507 e. The second kappa shape index (κ2) is 4.47. The summed E-state index contributed by atoms with van der Waals surface area (Å²) in [4.78, 5) is 4.48. The Morgan fingerprint density at radius 1 is 1.26 bits per heavy atom. The van der Waals surface area contributed by atoms with E-state index >= 15 is 0 Å². The Balaban J connectivity index is 2.00. The van der Waals surface area contributed by atoms with E-state index in [1.807, 2.05) is 27.7 Å². The number of nitrogens with zero attached hydrogens (tertiary/aromatic N) is 2. The van der Waals surface area contributed by atoms with E-state index in [1.165, 1.54) is 6.20 Å². The molecule has 0 radical (unpaired) electrons. The lowest BCUT2D eigenvalue weighted by Crippen LogP contribution is -2.41. The molecule has 19 heavy (non-hydrogen) atoms. The minimum absolute atomic E-state index is 0.181. The molecule has 0 N–H and O–H groups in total. The highest BCUT2D eigenvalue weighted by atomic mass is 32.1.